The molecule has 0 aliphatic heterocycles. The molecule has 25 heavy (non-hydrogen) atoms. The molecule has 0 spiro atoms. The Morgan fingerprint density at radius 1 is 1.00 bits per heavy atom. The maximum absolute atomic E-state index is 9.46. The molecule has 1 aliphatic rings. The molecule has 0 amide bonds. The lowest BCUT2D eigenvalue weighted by molar-refractivity contribution is 0.400. The fraction of sp³-hybridized carbons (Fsp3) is 0.391. The van der Waals surface area contributed by atoms with Crippen molar-refractivity contribution >= 4 is 11.6 Å². The SMILES string of the molecule is COc1cc2c(cc1C(C)=Cc1ccc(O)cc1)C(C)(C)CC2(C)C. The van der Waals surface area contributed by atoms with E-state index in [1.807, 2.05) is 12.1 Å². The molecular weight excluding hydrogens is 308 g/mol. The second-order valence-corrected chi connectivity index (χ2v) is 8.46. The molecule has 1 aliphatic carbocycles. The zero-order valence-electron chi connectivity index (χ0n) is 16.1. The van der Waals surface area contributed by atoms with Crippen LogP contribution in [0, 0.1) is 0 Å². The minimum atomic E-state index is 0.165. The van der Waals surface area contributed by atoms with Gasteiger partial charge < -0.3 is 9.84 Å². The van der Waals surface area contributed by atoms with Gasteiger partial charge in [-0.1, -0.05) is 45.9 Å². The van der Waals surface area contributed by atoms with Crippen molar-refractivity contribution in [2.75, 3.05) is 7.11 Å². The Morgan fingerprint density at radius 2 is 1.56 bits per heavy atom. The van der Waals surface area contributed by atoms with Crippen LogP contribution in [0.15, 0.2) is 36.4 Å². The first kappa shape index (κ1) is 17.6. The predicted octanol–water partition coefficient (Wildman–Crippen LogP) is 5.92. The van der Waals surface area contributed by atoms with Crippen LogP contribution in [0.4, 0.5) is 0 Å². The first-order valence-corrected chi connectivity index (χ1v) is 8.85. The van der Waals surface area contributed by atoms with Gasteiger partial charge in [0.05, 0.1) is 7.11 Å². The van der Waals surface area contributed by atoms with E-state index in [2.05, 4.69) is 52.8 Å². The van der Waals surface area contributed by atoms with Gasteiger partial charge in [-0.05, 0) is 70.7 Å². The number of benzene rings is 2. The third-order valence-electron chi connectivity index (χ3n) is 5.38. The Bertz CT molecular complexity index is 824. The quantitative estimate of drug-likeness (QED) is 0.705. The number of hydrogen-bond acceptors (Lipinski definition) is 2. The number of ether oxygens (including phenoxy) is 1. The summed E-state index contributed by atoms with van der Waals surface area (Å²) < 4.78 is 5.73. The number of aromatic hydroxyl groups is 1. The summed E-state index contributed by atoms with van der Waals surface area (Å²) in [7, 11) is 1.74. The zero-order valence-corrected chi connectivity index (χ0v) is 16.1. The van der Waals surface area contributed by atoms with Crippen molar-refractivity contribution in [2.24, 2.45) is 0 Å². The fourth-order valence-electron chi connectivity index (χ4n) is 4.37. The summed E-state index contributed by atoms with van der Waals surface area (Å²) in [5.41, 5.74) is 6.52. The van der Waals surface area contributed by atoms with E-state index in [1.54, 1.807) is 19.2 Å². The highest BCUT2D eigenvalue weighted by Gasteiger charge is 2.42. The molecule has 1 N–H and O–H groups in total. The normalized spacial score (nSPS) is 18.1. The summed E-state index contributed by atoms with van der Waals surface area (Å²) in [4.78, 5) is 0. The zero-order chi connectivity index (χ0) is 18.4. The molecule has 3 rings (SSSR count). The number of methoxy groups -OCH3 is 1. The molecule has 0 heterocycles. The smallest absolute Gasteiger partial charge is 0.126 e. The second-order valence-electron chi connectivity index (χ2n) is 8.46. The van der Waals surface area contributed by atoms with E-state index in [4.69, 9.17) is 4.74 Å². The van der Waals surface area contributed by atoms with Crippen molar-refractivity contribution in [1.82, 2.24) is 0 Å². The van der Waals surface area contributed by atoms with Crippen LogP contribution in [0.3, 0.4) is 0 Å². The van der Waals surface area contributed by atoms with Crippen LogP contribution in [-0.2, 0) is 10.8 Å². The lowest BCUT2D eigenvalue weighted by Crippen LogP contribution is -2.17. The number of phenols is 1. The third kappa shape index (κ3) is 3.18. The van der Waals surface area contributed by atoms with Crippen LogP contribution in [0.5, 0.6) is 11.5 Å². The highest BCUT2D eigenvalue weighted by Crippen LogP contribution is 2.51. The van der Waals surface area contributed by atoms with Gasteiger partial charge in [-0.25, -0.2) is 0 Å². The molecule has 0 radical (unpaired) electrons. The second kappa shape index (κ2) is 5.94. The van der Waals surface area contributed by atoms with E-state index in [-0.39, 0.29) is 16.6 Å². The largest absolute Gasteiger partial charge is 0.508 e. The maximum Gasteiger partial charge on any atom is 0.126 e. The molecule has 0 saturated carbocycles. The molecular formula is C23H28O2. The molecule has 0 saturated heterocycles. The van der Waals surface area contributed by atoms with Gasteiger partial charge in [0.2, 0.25) is 0 Å². The summed E-state index contributed by atoms with van der Waals surface area (Å²) in [6.07, 6.45) is 3.28. The Labute approximate surface area is 151 Å². The topological polar surface area (TPSA) is 29.5 Å². The molecule has 0 fully saturated rings. The van der Waals surface area contributed by atoms with Crippen LogP contribution in [0.2, 0.25) is 0 Å². The molecule has 0 aromatic heterocycles. The Morgan fingerprint density at radius 3 is 2.12 bits per heavy atom. The van der Waals surface area contributed by atoms with E-state index in [1.165, 1.54) is 11.1 Å². The number of rotatable bonds is 3. The molecule has 2 aromatic carbocycles. The Balaban J connectivity index is 2.12. The molecule has 132 valence electrons. The molecule has 0 atom stereocenters. The van der Waals surface area contributed by atoms with Gasteiger partial charge in [-0.3, -0.25) is 0 Å². The van der Waals surface area contributed by atoms with Gasteiger partial charge in [-0.15, -0.1) is 0 Å². The molecule has 2 heteroatoms. The van der Waals surface area contributed by atoms with Crippen molar-refractivity contribution in [3.8, 4) is 11.5 Å². The summed E-state index contributed by atoms with van der Waals surface area (Å²) in [5.74, 6) is 1.21. The van der Waals surface area contributed by atoms with Crippen LogP contribution in [0.25, 0.3) is 11.6 Å². The average molecular weight is 336 g/mol. The van der Waals surface area contributed by atoms with Gasteiger partial charge in [0, 0.05) is 5.56 Å². The highest BCUT2D eigenvalue weighted by atomic mass is 16.5. The van der Waals surface area contributed by atoms with Crippen molar-refractivity contribution in [2.45, 2.75) is 51.9 Å². The van der Waals surface area contributed by atoms with Crippen LogP contribution < -0.4 is 4.74 Å². The maximum atomic E-state index is 9.46. The van der Waals surface area contributed by atoms with E-state index in [0.29, 0.717) is 0 Å². The summed E-state index contributed by atoms with van der Waals surface area (Å²) in [5, 5.41) is 9.46. The minimum Gasteiger partial charge on any atom is -0.508 e. The Hall–Kier alpha value is -2.22. The first-order valence-electron chi connectivity index (χ1n) is 8.85. The lowest BCUT2D eigenvalue weighted by Gasteiger charge is -2.22. The van der Waals surface area contributed by atoms with Crippen LogP contribution in [0.1, 0.15) is 63.3 Å². The standard InChI is InChI=1S/C23H28O2/c1-15(11-16-7-9-17(24)10-8-16)18-12-19-20(13-21(18)25-6)23(4,5)14-22(19,2)3/h7-13,24H,14H2,1-6H3. The van der Waals surface area contributed by atoms with E-state index in [0.717, 1.165) is 28.9 Å². The van der Waals surface area contributed by atoms with Crippen molar-refractivity contribution in [1.29, 1.82) is 0 Å². The lowest BCUT2D eigenvalue weighted by atomic mass is 9.82. The number of allylic oxidation sites excluding steroid dienone is 1. The summed E-state index contributed by atoms with van der Waals surface area (Å²) in [6, 6.07) is 11.8. The first-order chi connectivity index (χ1) is 11.6. The van der Waals surface area contributed by atoms with Crippen LogP contribution >= 0.6 is 0 Å². The third-order valence-corrected chi connectivity index (χ3v) is 5.38. The van der Waals surface area contributed by atoms with Gasteiger partial charge in [0.1, 0.15) is 11.5 Å². The van der Waals surface area contributed by atoms with Gasteiger partial charge in [-0.2, -0.15) is 0 Å². The number of hydrogen-bond donors (Lipinski definition) is 1. The molecule has 2 aromatic rings. The van der Waals surface area contributed by atoms with Gasteiger partial charge >= 0.3 is 0 Å². The monoisotopic (exact) mass is 336 g/mol. The Kier molecular flexibility index (Phi) is 4.18. The summed E-state index contributed by atoms with van der Waals surface area (Å²) in [6.45, 7) is 11.4. The minimum absolute atomic E-state index is 0.165. The van der Waals surface area contributed by atoms with E-state index in [9.17, 15) is 5.11 Å². The fourth-order valence-corrected chi connectivity index (χ4v) is 4.37. The highest BCUT2D eigenvalue weighted by molar-refractivity contribution is 5.83. The predicted molar refractivity (Wildman–Crippen MR) is 105 cm³/mol. The number of phenolic OH excluding ortho intramolecular Hbond substituents is 1. The molecule has 2 nitrogen and oxygen atoms in total. The van der Waals surface area contributed by atoms with Crippen LogP contribution in [-0.4, -0.2) is 12.2 Å². The van der Waals surface area contributed by atoms with Crippen molar-refractivity contribution in [3.05, 3.63) is 58.7 Å². The molecule has 0 bridgehead atoms. The van der Waals surface area contributed by atoms with Crippen molar-refractivity contribution in [3.63, 3.8) is 0 Å². The molecule has 0 unspecified atom stereocenters. The average Bonchev–Trinajstić information content (AvgIpc) is 2.72. The number of fused-ring (bicyclic) bond motifs is 1. The van der Waals surface area contributed by atoms with E-state index >= 15 is 0 Å². The summed E-state index contributed by atoms with van der Waals surface area (Å²) >= 11 is 0. The van der Waals surface area contributed by atoms with Gasteiger partial charge in [0.15, 0.2) is 0 Å². The van der Waals surface area contributed by atoms with Crippen molar-refractivity contribution < 1.29 is 9.84 Å². The van der Waals surface area contributed by atoms with Gasteiger partial charge in [0.25, 0.3) is 0 Å². The van der Waals surface area contributed by atoms with E-state index < -0.39 is 0 Å².